The number of para-hydroxylation sites is 1. The normalized spacial score (nSPS) is 11.3. The average molecular weight is 399 g/mol. The van der Waals surface area contributed by atoms with Crippen LogP contribution in [0, 0.1) is 6.92 Å². The van der Waals surface area contributed by atoms with Crippen LogP contribution in [0.3, 0.4) is 0 Å². The predicted octanol–water partition coefficient (Wildman–Crippen LogP) is 4.87. The molecule has 5 rings (SSSR count). The number of aromatic amines is 2. The number of nitrogens with one attached hydrogen (secondary N) is 2. The fourth-order valence-corrected chi connectivity index (χ4v) is 4.81. The Morgan fingerprint density at radius 1 is 1.07 bits per heavy atom. The van der Waals surface area contributed by atoms with Gasteiger partial charge in [-0.1, -0.05) is 48.5 Å². The van der Waals surface area contributed by atoms with Crippen LogP contribution in [0.25, 0.3) is 32.2 Å². The van der Waals surface area contributed by atoms with E-state index in [2.05, 4.69) is 15.0 Å². The lowest BCUT2D eigenvalue weighted by Gasteiger charge is -2.03. The van der Waals surface area contributed by atoms with Crippen molar-refractivity contribution in [1.29, 1.82) is 0 Å². The van der Waals surface area contributed by atoms with E-state index in [1.807, 2.05) is 61.5 Å². The molecule has 0 aliphatic rings. The summed E-state index contributed by atoms with van der Waals surface area (Å²) in [5, 5.41) is 1.46. The quantitative estimate of drug-likeness (QED) is 0.423. The topological polar surface area (TPSA) is 78.6 Å². The third-order valence-corrected chi connectivity index (χ3v) is 6.07. The summed E-state index contributed by atoms with van der Waals surface area (Å²) in [6, 6.07) is 17.5. The number of rotatable bonds is 4. The van der Waals surface area contributed by atoms with Crippen LogP contribution in [-0.4, -0.2) is 20.7 Å². The fraction of sp³-hybridized carbons (Fsp3) is 0.0870. The molecule has 2 N–H and O–H groups in total. The van der Waals surface area contributed by atoms with Crippen molar-refractivity contribution in [3.63, 3.8) is 0 Å². The lowest BCUT2D eigenvalue weighted by Crippen LogP contribution is -2.14. The van der Waals surface area contributed by atoms with Gasteiger partial charge in [-0.2, -0.15) is 0 Å². The van der Waals surface area contributed by atoms with Crippen molar-refractivity contribution in [2.45, 2.75) is 13.3 Å². The summed E-state index contributed by atoms with van der Waals surface area (Å²) in [5.41, 5.74) is 3.21. The van der Waals surface area contributed by atoms with Gasteiger partial charge in [0.1, 0.15) is 10.7 Å². The van der Waals surface area contributed by atoms with E-state index >= 15 is 0 Å². The van der Waals surface area contributed by atoms with Crippen LogP contribution in [-0.2, 0) is 6.42 Å². The van der Waals surface area contributed by atoms with Crippen LogP contribution in [0.4, 0.5) is 0 Å². The maximum Gasteiger partial charge on any atom is 0.260 e. The summed E-state index contributed by atoms with van der Waals surface area (Å²) in [4.78, 5) is 38.0. The number of hydrogen-bond donors (Lipinski definition) is 2. The molecule has 0 atom stereocenters. The Morgan fingerprint density at radius 3 is 2.66 bits per heavy atom. The molecule has 0 amide bonds. The highest BCUT2D eigenvalue weighted by Gasteiger charge is 2.19. The molecule has 3 heterocycles. The molecular formula is C23H17N3O2S. The number of aromatic nitrogens is 3. The third kappa shape index (κ3) is 2.98. The number of fused-ring (bicyclic) bond motifs is 2. The number of thiophene rings is 1. The number of nitrogens with zero attached hydrogens (tertiary/aromatic N) is 1. The van der Waals surface area contributed by atoms with Crippen LogP contribution in [0.2, 0.25) is 0 Å². The van der Waals surface area contributed by atoms with Crippen LogP contribution >= 0.6 is 11.3 Å². The molecule has 0 radical (unpaired) electrons. The minimum atomic E-state index is -0.208. The Labute approximate surface area is 170 Å². The van der Waals surface area contributed by atoms with E-state index in [1.165, 1.54) is 11.3 Å². The first-order valence-corrected chi connectivity index (χ1v) is 10.1. The van der Waals surface area contributed by atoms with E-state index in [0.717, 1.165) is 26.9 Å². The molecule has 0 aliphatic carbocycles. The van der Waals surface area contributed by atoms with E-state index < -0.39 is 0 Å². The second-order valence-corrected chi connectivity index (χ2v) is 8.14. The molecule has 0 unspecified atom stereocenters. The molecule has 0 saturated heterocycles. The van der Waals surface area contributed by atoms with E-state index in [4.69, 9.17) is 0 Å². The SMILES string of the molecule is Cc1sc2nc(CC(=O)c3c[nH]c4ccccc34)[nH]c(=O)c2c1-c1ccccc1. The Kier molecular flexibility index (Phi) is 4.14. The molecule has 5 aromatic rings. The first-order valence-electron chi connectivity index (χ1n) is 9.29. The van der Waals surface area contributed by atoms with E-state index in [1.54, 1.807) is 6.20 Å². The first-order chi connectivity index (χ1) is 14.1. The van der Waals surface area contributed by atoms with Gasteiger partial charge in [-0.05, 0) is 18.6 Å². The van der Waals surface area contributed by atoms with E-state index in [-0.39, 0.29) is 17.8 Å². The Morgan fingerprint density at radius 2 is 1.83 bits per heavy atom. The molecule has 0 bridgehead atoms. The summed E-state index contributed by atoms with van der Waals surface area (Å²) in [6.45, 7) is 1.99. The van der Waals surface area contributed by atoms with Crippen molar-refractivity contribution >= 4 is 38.2 Å². The second-order valence-electron chi connectivity index (χ2n) is 6.94. The minimum absolute atomic E-state index is 0.0463. The highest BCUT2D eigenvalue weighted by atomic mass is 32.1. The Balaban J connectivity index is 1.55. The zero-order valence-electron chi connectivity index (χ0n) is 15.7. The Bertz CT molecular complexity index is 1430. The molecule has 0 fully saturated rings. The third-order valence-electron chi connectivity index (χ3n) is 5.07. The van der Waals surface area contributed by atoms with Gasteiger partial charge in [-0.25, -0.2) is 4.98 Å². The number of aryl methyl sites for hydroxylation is 1. The molecule has 0 aliphatic heterocycles. The molecule has 6 heteroatoms. The molecule has 5 nitrogen and oxygen atoms in total. The number of ketones is 1. The van der Waals surface area contributed by atoms with E-state index in [9.17, 15) is 9.59 Å². The van der Waals surface area contributed by atoms with Gasteiger partial charge in [0, 0.05) is 33.1 Å². The van der Waals surface area contributed by atoms with Gasteiger partial charge in [-0.3, -0.25) is 9.59 Å². The zero-order chi connectivity index (χ0) is 20.0. The standard InChI is InChI=1S/C23H17N3O2S/c1-13-20(14-7-3-2-4-8-14)21-22(28)25-19(26-23(21)29-13)11-18(27)16-12-24-17-10-6-5-9-15(16)17/h2-10,12,24H,11H2,1H3,(H,25,26,28). The van der Waals surface area contributed by atoms with Gasteiger partial charge in [0.15, 0.2) is 5.78 Å². The highest BCUT2D eigenvalue weighted by Crippen LogP contribution is 2.35. The van der Waals surface area contributed by atoms with Crippen molar-refractivity contribution in [1.82, 2.24) is 15.0 Å². The molecule has 0 saturated carbocycles. The van der Waals surface area contributed by atoms with Gasteiger partial charge >= 0.3 is 0 Å². The number of benzene rings is 2. The molecule has 3 aromatic heterocycles. The molecule has 29 heavy (non-hydrogen) atoms. The molecular weight excluding hydrogens is 382 g/mol. The largest absolute Gasteiger partial charge is 0.360 e. The van der Waals surface area contributed by atoms with Crippen molar-refractivity contribution < 1.29 is 4.79 Å². The second kappa shape index (κ2) is 6.83. The van der Waals surface area contributed by atoms with Gasteiger partial charge < -0.3 is 9.97 Å². The zero-order valence-corrected chi connectivity index (χ0v) is 16.5. The van der Waals surface area contributed by atoms with Crippen LogP contribution in [0.5, 0.6) is 0 Å². The highest BCUT2D eigenvalue weighted by molar-refractivity contribution is 7.19. The Hall–Kier alpha value is -3.51. The van der Waals surface area contributed by atoms with Gasteiger partial charge in [0.25, 0.3) is 5.56 Å². The average Bonchev–Trinajstić information content (AvgIpc) is 3.29. The summed E-state index contributed by atoms with van der Waals surface area (Å²) in [6.07, 6.45) is 1.76. The summed E-state index contributed by atoms with van der Waals surface area (Å²) in [5.74, 6) is 0.306. The summed E-state index contributed by atoms with van der Waals surface area (Å²) in [7, 11) is 0. The van der Waals surface area contributed by atoms with Crippen molar-refractivity contribution in [2.75, 3.05) is 0 Å². The number of hydrogen-bond acceptors (Lipinski definition) is 4. The first kappa shape index (κ1) is 17.6. The van der Waals surface area contributed by atoms with Crippen LogP contribution in [0.1, 0.15) is 21.1 Å². The number of carbonyl (C=O) groups excluding carboxylic acids is 1. The molecule has 0 spiro atoms. The summed E-state index contributed by atoms with van der Waals surface area (Å²) < 4.78 is 0. The van der Waals surface area contributed by atoms with Gasteiger partial charge in [0.05, 0.1) is 11.8 Å². The van der Waals surface area contributed by atoms with Crippen molar-refractivity contribution in [3.8, 4) is 11.1 Å². The lowest BCUT2D eigenvalue weighted by atomic mass is 10.0. The van der Waals surface area contributed by atoms with Crippen LogP contribution in [0.15, 0.2) is 65.6 Å². The van der Waals surface area contributed by atoms with Gasteiger partial charge in [-0.15, -0.1) is 11.3 Å². The fourth-order valence-electron chi connectivity index (χ4n) is 3.75. The van der Waals surface area contributed by atoms with Crippen LogP contribution < -0.4 is 5.56 Å². The number of carbonyl (C=O) groups is 1. The maximum absolute atomic E-state index is 12.9. The lowest BCUT2D eigenvalue weighted by molar-refractivity contribution is 0.0992. The van der Waals surface area contributed by atoms with Gasteiger partial charge in [0.2, 0.25) is 0 Å². The molecule has 142 valence electrons. The monoisotopic (exact) mass is 399 g/mol. The van der Waals surface area contributed by atoms with Crippen molar-refractivity contribution in [2.24, 2.45) is 0 Å². The number of H-pyrrole nitrogens is 2. The summed E-state index contributed by atoms with van der Waals surface area (Å²) >= 11 is 1.48. The minimum Gasteiger partial charge on any atom is -0.360 e. The smallest absolute Gasteiger partial charge is 0.260 e. The predicted molar refractivity (Wildman–Crippen MR) is 117 cm³/mol. The van der Waals surface area contributed by atoms with Crippen molar-refractivity contribution in [3.05, 3.63) is 87.4 Å². The maximum atomic E-state index is 12.9. The van der Waals surface area contributed by atoms with E-state index in [0.29, 0.717) is 21.6 Å². The number of Topliss-reactive ketones (excluding diaryl/α,β-unsaturated/α-hetero) is 1. The molecule has 2 aromatic carbocycles.